The number of carbonyl (C=O) groups excluding carboxylic acids is 2. The lowest BCUT2D eigenvalue weighted by molar-refractivity contribution is -0.140. The lowest BCUT2D eigenvalue weighted by Crippen LogP contribution is -2.26. The Balaban J connectivity index is 1.74. The molecule has 7 nitrogen and oxygen atoms in total. The average Bonchev–Trinajstić information content (AvgIpc) is 2.91. The number of methoxy groups -OCH3 is 1. The maximum absolute atomic E-state index is 11.7. The van der Waals surface area contributed by atoms with Crippen molar-refractivity contribution in [2.45, 2.75) is 18.0 Å². The SMILES string of the molecule is COC(=O)CCCNC(=O)CSc1nc2ncc(Cl)cc2[nH]1. The van der Waals surface area contributed by atoms with Gasteiger partial charge in [0.1, 0.15) is 0 Å². The molecule has 2 aromatic heterocycles. The third-order valence-electron chi connectivity index (χ3n) is 2.73. The highest BCUT2D eigenvalue weighted by Crippen LogP contribution is 2.20. The van der Waals surface area contributed by atoms with E-state index >= 15 is 0 Å². The van der Waals surface area contributed by atoms with Crippen molar-refractivity contribution >= 4 is 46.4 Å². The number of hydrogen-bond donors (Lipinski definition) is 2. The highest BCUT2D eigenvalue weighted by molar-refractivity contribution is 7.99. The Morgan fingerprint density at radius 1 is 1.50 bits per heavy atom. The molecule has 2 heterocycles. The second kappa shape index (κ2) is 8.00. The number of imidazole rings is 1. The van der Waals surface area contributed by atoms with Gasteiger partial charge in [0, 0.05) is 19.2 Å². The van der Waals surface area contributed by atoms with Crippen LogP contribution in [-0.2, 0) is 14.3 Å². The Hall–Kier alpha value is -1.80. The second-order valence-corrected chi connectivity index (χ2v) is 5.79. The summed E-state index contributed by atoms with van der Waals surface area (Å²) in [4.78, 5) is 34.0. The van der Waals surface area contributed by atoms with Crippen LogP contribution in [0, 0.1) is 0 Å². The van der Waals surface area contributed by atoms with Crippen LogP contribution in [0.2, 0.25) is 5.02 Å². The Bertz CT molecular complexity index is 676. The number of aromatic nitrogens is 3. The van der Waals surface area contributed by atoms with Gasteiger partial charge in [-0.25, -0.2) is 9.97 Å². The van der Waals surface area contributed by atoms with Gasteiger partial charge in [0.15, 0.2) is 10.8 Å². The van der Waals surface area contributed by atoms with Gasteiger partial charge in [-0.3, -0.25) is 9.59 Å². The largest absolute Gasteiger partial charge is 0.469 e. The van der Waals surface area contributed by atoms with Gasteiger partial charge in [-0.2, -0.15) is 0 Å². The lowest BCUT2D eigenvalue weighted by Gasteiger charge is -2.03. The van der Waals surface area contributed by atoms with Crippen molar-refractivity contribution in [3.63, 3.8) is 0 Å². The molecule has 9 heteroatoms. The van der Waals surface area contributed by atoms with Crippen molar-refractivity contribution in [2.24, 2.45) is 0 Å². The van der Waals surface area contributed by atoms with Crippen LogP contribution in [-0.4, -0.2) is 46.2 Å². The van der Waals surface area contributed by atoms with E-state index in [2.05, 4.69) is 25.0 Å². The predicted octanol–water partition coefficient (Wildman–Crippen LogP) is 1.77. The van der Waals surface area contributed by atoms with Gasteiger partial charge < -0.3 is 15.0 Å². The van der Waals surface area contributed by atoms with Gasteiger partial charge in [-0.05, 0) is 12.5 Å². The molecular formula is C13H15ClN4O3S. The van der Waals surface area contributed by atoms with Gasteiger partial charge in [0.25, 0.3) is 0 Å². The Kier molecular flexibility index (Phi) is 6.02. The smallest absolute Gasteiger partial charge is 0.305 e. The normalized spacial score (nSPS) is 10.6. The molecule has 0 spiro atoms. The van der Waals surface area contributed by atoms with Gasteiger partial charge in [0.2, 0.25) is 5.91 Å². The molecule has 0 saturated carbocycles. The molecule has 0 aliphatic rings. The first kappa shape index (κ1) is 16.6. The molecular weight excluding hydrogens is 328 g/mol. The minimum atomic E-state index is -0.280. The number of hydrogen-bond acceptors (Lipinski definition) is 6. The number of ether oxygens (including phenoxy) is 1. The van der Waals surface area contributed by atoms with Crippen LogP contribution < -0.4 is 5.32 Å². The molecule has 0 fully saturated rings. The zero-order valence-corrected chi connectivity index (χ0v) is 13.5. The van der Waals surface area contributed by atoms with Crippen LogP contribution in [0.3, 0.4) is 0 Å². The number of aromatic amines is 1. The van der Waals surface area contributed by atoms with Crippen molar-refractivity contribution < 1.29 is 14.3 Å². The van der Waals surface area contributed by atoms with Crippen LogP contribution >= 0.6 is 23.4 Å². The molecule has 2 rings (SSSR count). The van der Waals surface area contributed by atoms with Crippen LogP contribution in [0.5, 0.6) is 0 Å². The number of thioether (sulfide) groups is 1. The van der Waals surface area contributed by atoms with Gasteiger partial charge in [-0.15, -0.1) is 0 Å². The Morgan fingerprint density at radius 3 is 3.09 bits per heavy atom. The Labute approximate surface area is 136 Å². The third-order valence-corrected chi connectivity index (χ3v) is 3.81. The molecule has 0 saturated heterocycles. The Morgan fingerprint density at radius 2 is 2.32 bits per heavy atom. The van der Waals surface area contributed by atoms with E-state index in [0.717, 1.165) is 5.52 Å². The third kappa shape index (κ3) is 4.88. The van der Waals surface area contributed by atoms with Crippen LogP contribution in [0.1, 0.15) is 12.8 Å². The van der Waals surface area contributed by atoms with Crippen molar-refractivity contribution in [3.8, 4) is 0 Å². The quantitative estimate of drug-likeness (QED) is 0.452. The molecule has 0 bridgehead atoms. The lowest BCUT2D eigenvalue weighted by atomic mass is 10.3. The zero-order chi connectivity index (χ0) is 15.9. The molecule has 2 aromatic rings. The first-order valence-corrected chi connectivity index (χ1v) is 7.92. The first-order chi connectivity index (χ1) is 10.6. The van der Waals surface area contributed by atoms with Crippen molar-refractivity contribution in [3.05, 3.63) is 17.3 Å². The number of nitrogens with zero attached hydrogens (tertiary/aromatic N) is 2. The van der Waals surface area contributed by atoms with Crippen molar-refractivity contribution in [2.75, 3.05) is 19.4 Å². The number of carbonyl (C=O) groups is 2. The minimum absolute atomic E-state index is 0.124. The van der Waals surface area contributed by atoms with Gasteiger partial charge >= 0.3 is 5.97 Å². The molecule has 2 N–H and O–H groups in total. The molecule has 118 valence electrons. The first-order valence-electron chi connectivity index (χ1n) is 6.56. The number of esters is 1. The highest BCUT2D eigenvalue weighted by atomic mass is 35.5. The number of pyridine rings is 1. The van der Waals surface area contributed by atoms with Crippen LogP contribution in [0.4, 0.5) is 0 Å². The van der Waals surface area contributed by atoms with E-state index in [4.69, 9.17) is 11.6 Å². The topological polar surface area (TPSA) is 97.0 Å². The van der Waals surface area contributed by atoms with E-state index in [1.807, 2.05) is 0 Å². The number of fused-ring (bicyclic) bond motifs is 1. The summed E-state index contributed by atoms with van der Waals surface area (Å²) >= 11 is 7.12. The van der Waals surface area contributed by atoms with Crippen molar-refractivity contribution in [1.29, 1.82) is 0 Å². The number of H-pyrrole nitrogens is 1. The van der Waals surface area contributed by atoms with E-state index in [1.54, 1.807) is 6.07 Å². The number of nitrogens with one attached hydrogen (secondary N) is 2. The van der Waals surface area contributed by atoms with E-state index in [-0.39, 0.29) is 17.6 Å². The van der Waals surface area contributed by atoms with Crippen molar-refractivity contribution in [1.82, 2.24) is 20.3 Å². The summed E-state index contributed by atoms with van der Waals surface area (Å²) < 4.78 is 4.52. The van der Waals surface area contributed by atoms with Gasteiger partial charge in [0.05, 0.1) is 23.4 Å². The molecule has 0 radical (unpaired) electrons. The molecule has 0 aliphatic carbocycles. The molecule has 0 aliphatic heterocycles. The second-order valence-electron chi connectivity index (χ2n) is 4.38. The summed E-state index contributed by atoms with van der Waals surface area (Å²) in [5.74, 6) is -0.176. The van der Waals surface area contributed by atoms with E-state index < -0.39 is 0 Å². The fraction of sp³-hybridized carbons (Fsp3) is 0.385. The van der Waals surface area contributed by atoms with E-state index in [0.29, 0.717) is 35.2 Å². The van der Waals surface area contributed by atoms with Gasteiger partial charge in [-0.1, -0.05) is 23.4 Å². The fourth-order valence-corrected chi connectivity index (χ4v) is 2.53. The molecule has 22 heavy (non-hydrogen) atoms. The standard InChI is InChI=1S/C13H15ClN4O3S/c1-21-11(20)3-2-4-15-10(19)7-22-13-17-9-5-8(14)6-16-12(9)18-13/h5-6H,2-4,7H2,1H3,(H,15,19)(H,16,17,18). The average molecular weight is 343 g/mol. The maximum atomic E-state index is 11.7. The summed E-state index contributed by atoms with van der Waals surface area (Å²) in [5, 5.41) is 3.86. The minimum Gasteiger partial charge on any atom is -0.469 e. The van der Waals surface area contributed by atoms with E-state index in [9.17, 15) is 9.59 Å². The summed E-state index contributed by atoms with van der Waals surface area (Å²) in [6, 6.07) is 1.73. The summed E-state index contributed by atoms with van der Waals surface area (Å²) in [7, 11) is 1.34. The molecule has 0 unspecified atom stereocenters. The monoisotopic (exact) mass is 342 g/mol. The van der Waals surface area contributed by atoms with E-state index in [1.165, 1.54) is 25.1 Å². The van der Waals surface area contributed by atoms with Crippen LogP contribution in [0.15, 0.2) is 17.4 Å². The summed E-state index contributed by atoms with van der Waals surface area (Å²) in [6.07, 6.45) is 2.36. The highest BCUT2D eigenvalue weighted by Gasteiger charge is 2.08. The summed E-state index contributed by atoms with van der Waals surface area (Å²) in [6.45, 7) is 0.436. The summed E-state index contributed by atoms with van der Waals surface area (Å²) in [5.41, 5.74) is 1.29. The molecule has 0 aromatic carbocycles. The number of amides is 1. The fourth-order valence-electron chi connectivity index (χ4n) is 1.67. The zero-order valence-electron chi connectivity index (χ0n) is 11.9. The number of halogens is 1. The number of rotatable bonds is 7. The maximum Gasteiger partial charge on any atom is 0.305 e. The van der Waals surface area contributed by atoms with Crippen LogP contribution in [0.25, 0.3) is 11.2 Å². The molecule has 1 amide bonds. The predicted molar refractivity (Wildman–Crippen MR) is 83.9 cm³/mol. The molecule has 0 atom stereocenters.